The molecule has 0 amide bonds. The second-order valence-electron chi connectivity index (χ2n) is 5.31. The van der Waals surface area contributed by atoms with Crippen molar-refractivity contribution >= 4 is 33.0 Å². The van der Waals surface area contributed by atoms with Crippen LogP contribution in [0.5, 0.6) is 0 Å². The number of thiophene rings is 1. The molecule has 7 heteroatoms. The second kappa shape index (κ2) is 6.28. The molecule has 0 N–H and O–H groups in total. The van der Waals surface area contributed by atoms with Crippen molar-refractivity contribution in [3.63, 3.8) is 0 Å². The van der Waals surface area contributed by atoms with Gasteiger partial charge < -0.3 is 0 Å². The van der Waals surface area contributed by atoms with Gasteiger partial charge in [-0.05, 0) is 59.3 Å². The molecule has 1 aromatic heterocycles. The van der Waals surface area contributed by atoms with E-state index in [-0.39, 0.29) is 9.92 Å². The van der Waals surface area contributed by atoms with Crippen LogP contribution in [0.3, 0.4) is 0 Å². The molecule has 0 saturated carbocycles. The van der Waals surface area contributed by atoms with Crippen LogP contribution in [0.2, 0.25) is 5.02 Å². The van der Waals surface area contributed by atoms with Crippen molar-refractivity contribution in [3.05, 3.63) is 51.4 Å². The third kappa shape index (κ3) is 3.06. The molecule has 2 aromatic rings. The molecule has 22 heavy (non-hydrogen) atoms. The molecule has 1 aromatic carbocycles. The summed E-state index contributed by atoms with van der Waals surface area (Å²) in [6, 6.07) is 5.63. The molecule has 1 saturated heterocycles. The molecular weight excluding hydrogens is 345 g/mol. The Balaban J connectivity index is 1.75. The summed E-state index contributed by atoms with van der Waals surface area (Å²) >= 11 is 7.35. The Kier molecular flexibility index (Phi) is 4.54. The Morgan fingerprint density at radius 1 is 1.23 bits per heavy atom. The van der Waals surface area contributed by atoms with Gasteiger partial charge >= 0.3 is 0 Å². The van der Waals surface area contributed by atoms with E-state index in [4.69, 9.17) is 11.6 Å². The maximum absolute atomic E-state index is 13.2. The van der Waals surface area contributed by atoms with Crippen molar-refractivity contribution in [2.45, 2.75) is 23.7 Å². The van der Waals surface area contributed by atoms with Gasteiger partial charge in [-0.3, -0.25) is 0 Å². The number of sulfonamides is 1. The Morgan fingerprint density at radius 3 is 2.55 bits per heavy atom. The Hall–Kier alpha value is -0.950. The van der Waals surface area contributed by atoms with Crippen LogP contribution in [-0.2, 0) is 10.0 Å². The lowest BCUT2D eigenvalue weighted by Crippen LogP contribution is -2.37. The van der Waals surface area contributed by atoms with Crippen molar-refractivity contribution < 1.29 is 12.8 Å². The van der Waals surface area contributed by atoms with Crippen molar-refractivity contribution in [3.8, 4) is 0 Å². The Morgan fingerprint density at radius 2 is 1.95 bits per heavy atom. The van der Waals surface area contributed by atoms with E-state index in [9.17, 15) is 12.8 Å². The molecule has 2 heterocycles. The van der Waals surface area contributed by atoms with E-state index in [1.807, 2.05) is 5.38 Å². The summed E-state index contributed by atoms with van der Waals surface area (Å²) in [5.41, 5.74) is 1.28. The molecule has 1 aliphatic heterocycles. The first-order valence-electron chi connectivity index (χ1n) is 6.96. The number of hydrogen-bond donors (Lipinski definition) is 0. The number of rotatable bonds is 3. The summed E-state index contributed by atoms with van der Waals surface area (Å²) in [4.78, 5) is 0.0490. The van der Waals surface area contributed by atoms with E-state index in [1.165, 1.54) is 22.0 Å². The number of nitrogens with zero attached hydrogens (tertiary/aromatic N) is 1. The minimum atomic E-state index is -3.61. The van der Waals surface area contributed by atoms with Crippen LogP contribution in [0, 0.1) is 5.82 Å². The first-order chi connectivity index (χ1) is 10.5. The SMILES string of the molecule is O=S(=O)(c1ccc(F)c(Cl)c1)N1CCC(c2ccsc2)CC1. The van der Waals surface area contributed by atoms with Crippen molar-refractivity contribution in [1.82, 2.24) is 4.31 Å². The monoisotopic (exact) mass is 359 g/mol. The second-order valence-corrected chi connectivity index (χ2v) is 8.44. The van der Waals surface area contributed by atoms with Crippen LogP contribution in [0.1, 0.15) is 24.3 Å². The number of piperidine rings is 1. The number of hydrogen-bond acceptors (Lipinski definition) is 3. The fraction of sp³-hybridized carbons (Fsp3) is 0.333. The standard InChI is InChI=1S/C15H15ClFNO2S2/c16-14-9-13(1-2-15(14)17)22(19,20)18-6-3-11(4-7-18)12-5-8-21-10-12/h1-2,5,8-11H,3-4,6-7H2. The zero-order chi connectivity index (χ0) is 15.7. The predicted molar refractivity (Wildman–Crippen MR) is 86.5 cm³/mol. The van der Waals surface area contributed by atoms with Gasteiger partial charge in [0.05, 0.1) is 9.92 Å². The first kappa shape index (κ1) is 15.9. The van der Waals surface area contributed by atoms with Gasteiger partial charge in [-0.2, -0.15) is 15.6 Å². The van der Waals surface area contributed by atoms with E-state index < -0.39 is 15.8 Å². The lowest BCUT2D eigenvalue weighted by molar-refractivity contribution is 0.320. The van der Waals surface area contributed by atoms with E-state index in [0.717, 1.165) is 18.9 Å². The highest BCUT2D eigenvalue weighted by molar-refractivity contribution is 7.89. The molecule has 0 atom stereocenters. The first-order valence-corrected chi connectivity index (χ1v) is 9.72. The molecule has 1 aliphatic rings. The summed E-state index contributed by atoms with van der Waals surface area (Å²) in [6.45, 7) is 0.940. The van der Waals surface area contributed by atoms with Crippen LogP contribution >= 0.6 is 22.9 Å². The fourth-order valence-electron chi connectivity index (χ4n) is 2.72. The largest absolute Gasteiger partial charge is 0.243 e. The zero-order valence-electron chi connectivity index (χ0n) is 11.7. The van der Waals surface area contributed by atoms with Gasteiger partial charge in [0.1, 0.15) is 5.82 Å². The van der Waals surface area contributed by atoms with E-state index >= 15 is 0 Å². The molecule has 3 rings (SSSR count). The Labute approximate surface area is 138 Å². The normalized spacial score (nSPS) is 17.7. The highest BCUT2D eigenvalue weighted by Crippen LogP contribution is 2.32. The van der Waals surface area contributed by atoms with Gasteiger partial charge in [0.2, 0.25) is 10.0 Å². The van der Waals surface area contributed by atoms with Gasteiger partial charge in [0, 0.05) is 13.1 Å². The summed E-state index contributed by atoms with van der Waals surface area (Å²) in [6.07, 6.45) is 1.59. The van der Waals surface area contributed by atoms with Gasteiger partial charge in [-0.25, -0.2) is 12.8 Å². The fourth-order valence-corrected chi connectivity index (χ4v) is 5.21. The van der Waals surface area contributed by atoms with Gasteiger partial charge in [0.25, 0.3) is 0 Å². The van der Waals surface area contributed by atoms with Crippen LogP contribution in [0.4, 0.5) is 4.39 Å². The summed E-state index contributed by atoms with van der Waals surface area (Å²) < 4.78 is 39.8. The molecule has 0 aliphatic carbocycles. The minimum Gasteiger partial charge on any atom is -0.207 e. The lowest BCUT2D eigenvalue weighted by atomic mass is 9.92. The molecule has 0 radical (unpaired) electrons. The van der Waals surface area contributed by atoms with Crippen LogP contribution in [0.25, 0.3) is 0 Å². The maximum Gasteiger partial charge on any atom is 0.243 e. The molecular formula is C15H15ClFNO2S2. The third-order valence-electron chi connectivity index (χ3n) is 4.00. The molecule has 1 fully saturated rings. The van der Waals surface area contributed by atoms with Crippen LogP contribution in [-0.4, -0.2) is 25.8 Å². The van der Waals surface area contributed by atoms with E-state index in [1.54, 1.807) is 11.3 Å². The van der Waals surface area contributed by atoms with Gasteiger partial charge in [-0.15, -0.1) is 0 Å². The van der Waals surface area contributed by atoms with Crippen molar-refractivity contribution in [1.29, 1.82) is 0 Å². The third-order valence-corrected chi connectivity index (χ3v) is 6.88. The molecule has 0 unspecified atom stereocenters. The molecule has 3 nitrogen and oxygen atoms in total. The Bertz CT molecular complexity index is 754. The average Bonchev–Trinajstić information content (AvgIpc) is 3.04. The molecule has 0 spiro atoms. The van der Waals surface area contributed by atoms with Crippen LogP contribution in [0.15, 0.2) is 39.9 Å². The topological polar surface area (TPSA) is 37.4 Å². The smallest absolute Gasteiger partial charge is 0.207 e. The zero-order valence-corrected chi connectivity index (χ0v) is 14.1. The van der Waals surface area contributed by atoms with E-state index in [0.29, 0.717) is 19.0 Å². The molecule has 118 valence electrons. The predicted octanol–water partition coefficient (Wildman–Crippen LogP) is 4.11. The molecule has 0 bridgehead atoms. The van der Waals surface area contributed by atoms with Crippen molar-refractivity contribution in [2.75, 3.05) is 13.1 Å². The minimum absolute atomic E-state index is 0.0490. The summed E-state index contributed by atoms with van der Waals surface area (Å²) in [5.74, 6) is -0.203. The van der Waals surface area contributed by atoms with Gasteiger partial charge in [0.15, 0.2) is 0 Å². The van der Waals surface area contributed by atoms with Crippen LogP contribution < -0.4 is 0 Å². The van der Waals surface area contributed by atoms with Gasteiger partial charge in [-0.1, -0.05) is 11.6 Å². The maximum atomic E-state index is 13.2. The van der Waals surface area contributed by atoms with Crippen molar-refractivity contribution in [2.24, 2.45) is 0 Å². The quantitative estimate of drug-likeness (QED) is 0.827. The number of benzene rings is 1. The summed E-state index contributed by atoms with van der Waals surface area (Å²) in [7, 11) is -3.61. The highest BCUT2D eigenvalue weighted by Gasteiger charge is 2.30. The average molecular weight is 360 g/mol. The summed E-state index contributed by atoms with van der Waals surface area (Å²) in [5, 5.41) is 3.99. The lowest BCUT2D eigenvalue weighted by Gasteiger charge is -2.31. The van der Waals surface area contributed by atoms with E-state index in [2.05, 4.69) is 11.4 Å². The highest BCUT2D eigenvalue weighted by atomic mass is 35.5. The number of halogens is 2.